The highest BCUT2D eigenvalue weighted by atomic mass is 16.5. The molecule has 1 heterocycles. The van der Waals surface area contributed by atoms with E-state index < -0.39 is 5.97 Å². The normalized spacial score (nSPS) is 10.4. The molecule has 0 bridgehead atoms. The summed E-state index contributed by atoms with van der Waals surface area (Å²) in [6.45, 7) is 0.325. The zero-order chi connectivity index (χ0) is 15.4. The van der Waals surface area contributed by atoms with Gasteiger partial charge in [-0.05, 0) is 12.1 Å². The summed E-state index contributed by atoms with van der Waals surface area (Å²) in [7, 11) is 4.63. The van der Waals surface area contributed by atoms with Gasteiger partial charge in [-0.3, -0.25) is 0 Å². The summed E-state index contributed by atoms with van der Waals surface area (Å²) in [5.41, 5.74) is 1.76. The molecule has 0 aliphatic heterocycles. The van der Waals surface area contributed by atoms with Crippen molar-refractivity contribution in [1.29, 1.82) is 0 Å². The highest BCUT2D eigenvalue weighted by molar-refractivity contribution is 5.85. The van der Waals surface area contributed by atoms with Crippen LogP contribution in [0.5, 0.6) is 11.5 Å². The van der Waals surface area contributed by atoms with Crippen LogP contribution in [0.3, 0.4) is 0 Å². The molecule has 0 saturated carbocycles. The van der Waals surface area contributed by atoms with Gasteiger partial charge >= 0.3 is 5.97 Å². The topological polar surface area (TPSA) is 91.0 Å². The molecule has 112 valence electrons. The van der Waals surface area contributed by atoms with Crippen molar-refractivity contribution in [1.82, 2.24) is 5.16 Å². The first-order valence-electron chi connectivity index (χ1n) is 6.05. The van der Waals surface area contributed by atoms with Gasteiger partial charge < -0.3 is 23.8 Å². The zero-order valence-corrected chi connectivity index (χ0v) is 11.9. The Bertz CT molecular complexity index is 624. The molecular formula is C14H15NO6. The number of carboxylic acids is 1. The van der Waals surface area contributed by atoms with Crippen LogP contribution in [0.1, 0.15) is 16.1 Å². The Hall–Kier alpha value is -2.54. The smallest absolute Gasteiger partial charge is 0.374 e. The first kappa shape index (κ1) is 14.9. The van der Waals surface area contributed by atoms with E-state index >= 15 is 0 Å². The van der Waals surface area contributed by atoms with Gasteiger partial charge in [0.2, 0.25) is 5.76 Å². The predicted molar refractivity (Wildman–Crippen MR) is 72.7 cm³/mol. The molecule has 0 radical (unpaired) electrons. The number of aromatic nitrogens is 1. The molecule has 7 heteroatoms. The molecule has 0 spiro atoms. The lowest BCUT2D eigenvalue weighted by Gasteiger charge is -2.14. The van der Waals surface area contributed by atoms with E-state index in [0.717, 1.165) is 5.56 Å². The van der Waals surface area contributed by atoms with Crippen LogP contribution in [0.25, 0.3) is 11.3 Å². The van der Waals surface area contributed by atoms with E-state index in [1.807, 2.05) is 0 Å². The van der Waals surface area contributed by atoms with E-state index in [4.69, 9.17) is 23.8 Å². The number of benzene rings is 1. The van der Waals surface area contributed by atoms with Crippen LogP contribution < -0.4 is 9.47 Å². The first-order chi connectivity index (χ1) is 10.1. The summed E-state index contributed by atoms with van der Waals surface area (Å²) >= 11 is 0. The van der Waals surface area contributed by atoms with Gasteiger partial charge in [-0.15, -0.1) is 0 Å². The van der Waals surface area contributed by atoms with Gasteiger partial charge in [-0.1, -0.05) is 5.16 Å². The summed E-state index contributed by atoms with van der Waals surface area (Å²) in [5, 5.41) is 12.6. The fourth-order valence-corrected chi connectivity index (χ4v) is 1.93. The third-order valence-electron chi connectivity index (χ3n) is 2.91. The molecule has 21 heavy (non-hydrogen) atoms. The van der Waals surface area contributed by atoms with Crippen molar-refractivity contribution in [3.63, 3.8) is 0 Å². The molecular weight excluding hydrogens is 278 g/mol. The molecule has 0 atom stereocenters. The number of methoxy groups -OCH3 is 3. The van der Waals surface area contributed by atoms with Crippen molar-refractivity contribution in [2.45, 2.75) is 6.61 Å². The van der Waals surface area contributed by atoms with Gasteiger partial charge in [0, 0.05) is 18.7 Å². The second kappa shape index (κ2) is 6.27. The molecule has 1 aromatic carbocycles. The zero-order valence-electron chi connectivity index (χ0n) is 11.9. The van der Waals surface area contributed by atoms with Crippen LogP contribution in [-0.4, -0.2) is 37.6 Å². The summed E-state index contributed by atoms with van der Waals surface area (Å²) in [5.74, 6) is -0.287. The second-order valence-electron chi connectivity index (χ2n) is 4.17. The number of aromatic carboxylic acids is 1. The third kappa shape index (κ3) is 2.97. The van der Waals surface area contributed by atoms with E-state index in [0.29, 0.717) is 29.4 Å². The SMILES string of the molecule is COCc1c(OC)cc(-c2cc(C(=O)O)on2)cc1OC. The molecule has 0 amide bonds. The Morgan fingerprint density at radius 1 is 1.19 bits per heavy atom. The Kier molecular flexibility index (Phi) is 4.44. The summed E-state index contributed by atoms with van der Waals surface area (Å²) in [6, 6.07) is 4.78. The number of hydrogen-bond donors (Lipinski definition) is 1. The van der Waals surface area contributed by atoms with Crippen LogP contribution in [0.15, 0.2) is 22.7 Å². The van der Waals surface area contributed by atoms with E-state index in [2.05, 4.69) is 5.16 Å². The maximum absolute atomic E-state index is 10.8. The number of carbonyl (C=O) groups is 1. The number of rotatable bonds is 6. The molecule has 1 aromatic heterocycles. The van der Waals surface area contributed by atoms with Gasteiger partial charge in [0.15, 0.2) is 0 Å². The summed E-state index contributed by atoms with van der Waals surface area (Å²) < 4.78 is 20.5. The van der Waals surface area contributed by atoms with Gasteiger partial charge in [-0.2, -0.15) is 0 Å². The highest BCUT2D eigenvalue weighted by Gasteiger charge is 2.17. The summed E-state index contributed by atoms with van der Waals surface area (Å²) in [6.07, 6.45) is 0. The minimum Gasteiger partial charge on any atom is -0.496 e. The Labute approximate surface area is 121 Å². The molecule has 0 fully saturated rings. The maximum Gasteiger partial charge on any atom is 0.374 e. The quantitative estimate of drug-likeness (QED) is 0.872. The lowest BCUT2D eigenvalue weighted by molar-refractivity contribution is 0.0652. The molecule has 1 N–H and O–H groups in total. The number of hydrogen-bond acceptors (Lipinski definition) is 6. The van der Waals surface area contributed by atoms with E-state index in [9.17, 15) is 4.79 Å². The maximum atomic E-state index is 10.8. The first-order valence-corrected chi connectivity index (χ1v) is 6.05. The fraction of sp³-hybridized carbons (Fsp3) is 0.286. The molecule has 0 unspecified atom stereocenters. The average molecular weight is 293 g/mol. The van der Waals surface area contributed by atoms with Crippen molar-refractivity contribution in [3.8, 4) is 22.8 Å². The van der Waals surface area contributed by atoms with Crippen LogP contribution in [0.4, 0.5) is 0 Å². The van der Waals surface area contributed by atoms with E-state index in [-0.39, 0.29) is 5.76 Å². The van der Waals surface area contributed by atoms with Gasteiger partial charge in [0.05, 0.1) is 26.4 Å². The minimum atomic E-state index is -1.18. The van der Waals surface area contributed by atoms with Gasteiger partial charge in [-0.25, -0.2) is 4.79 Å². The average Bonchev–Trinajstić information content (AvgIpc) is 2.97. The van der Waals surface area contributed by atoms with Crippen LogP contribution >= 0.6 is 0 Å². The largest absolute Gasteiger partial charge is 0.496 e. The predicted octanol–water partition coefficient (Wildman–Crippen LogP) is 2.20. The Balaban J connectivity index is 2.51. The number of carboxylic acid groups (broad SMARTS) is 1. The monoisotopic (exact) mass is 293 g/mol. The Morgan fingerprint density at radius 2 is 1.81 bits per heavy atom. The highest BCUT2D eigenvalue weighted by Crippen LogP contribution is 2.35. The van der Waals surface area contributed by atoms with Crippen molar-refractivity contribution in [2.24, 2.45) is 0 Å². The van der Waals surface area contributed by atoms with Crippen LogP contribution in [0, 0.1) is 0 Å². The molecule has 0 aliphatic carbocycles. The lowest BCUT2D eigenvalue weighted by Crippen LogP contribution is -1.99. The van der Waals surface area contributed by atoms with Crippen LogP contribution in [0.2, 0.25) is 0 Å². The second-order valence-corrected chi connectivity index (χ2v) is 4.17. The Morgan fingerprint density at radius 3 is 2.24 bits per heavy atom. The third-order valence-corrected chi connectivity index (χ3v) is 2.91. The van der Waals surface area contributed by atoms with E-state index in [1.165, 1.54) is 20.3 Å². The molecule has 7 nitrogen and oxygen atoms in total. The van der Waals surface area contributed by atoms with Crippen molar-refractivity contribution in [2.75, 3.05) is 21.3 Å². The van der Waals surface area contributed by atoms with Crippen LogP contribution in [-0.2, 0) is 11.3 Å². The van der Waals surface area contributed by atoms with Crippen molar-refractivity contribution < 1.29 is 28.6 Å². The molecule has 2 rings (SSSR count). The lowest BCUT2D eigenvalue weighted by atomic mass is 10.1. The molecule has 0 saturated heterocycles. The molecule has 0 aliphatic rings. The summed E-state index contributed by atoms with van der Waals surface area (Å²) in [4.78, 5) is 10.8. The van der Waals surface area contributed by atoms with Crippen molar-refractivity contribution >= 4 is 5.97 Å². The van der Waals surface area contributed by atoms with Gasteiger partial charge in [0.25, 0.3) is 0 Å². The van der Waals surface area contributed by atoms with Gasteiger partial charge in [0.1, 0.15) is 17.2 Å². The molecule has 2 aromatic rings. The van der Waals surface area contributed by atoms with E-state index in [1.54, 1.807) is 19.2 Å². The van der Waals surface area contributed by atoms with Crippen molar-refractivity contribution in [3.05, 3.63) is 29.5 Å². The standard InChI is InChI=1S/C14H15NO6/c1-18-7-9-11(19-2)4-8(5-12(9)20-3)10-6-13(14(16)17)21-15-10/h4-6H,7H2,1-3H3,(H,16,17). The fourth-order valence-electron chi connectivity index (χ4n) is 1.93. The number of nitrogens with zero attached hydrogens (tertiary/aromatic N) is 1. The number of ether oxygens (including phenoxy) is 3. The minimum absolute atomic E-state index is 0.232.